The van der Waals surface area contributed by atoms with Gasteiger partial charge in [-0.15, -0.1) is 0 Å². The fraction of sp³-hybridized carbons (Fsp3) is 0.217. The van der Waals surface area contributed by atoms with Gasteiger partial charge in [0, 0.05) is 27.1 Å². The Hall–Kier alpha value is -5.48. The van der Waals surface area contributed by atoms with Crippen molar-refractivity contribution >= 4 is 49.6 Å². The van der Waals surface area contributed by atoms with E-state index in [9.17, 15) is 0 Å². The molecule has 3 aromatic heterocycles. The Labute approximate surface area is 292 Å². The van der Waals surface area contributed by atoms with Gasteiger partial charge in [0.15, 0.2) is 11.4 Å². The summed E-state index contributed by atoms with van der Waals surface area (Å²) < 4.78 is 13.1. The molecule has 0 aliphatic heterocycles. The van der Waals surface area contributed by atoms with E-state index in [1.807, 2.05) is 36.4 Å². The van der Waals surface area contributed by atoms with Gasteiger partial charge in [-0.25, -0.2) is 9.97 Å². The molecule has 4 nitrogen and oxygen atoms in total. The van der Waals surface area contributed by atoms with Gasteiger partial charge in [0.25, 0.3) is 0 Å². The Kier molecular flexibility index (Phi) is 7.24. The number of para-hydroxylation sites is 2. The van der Waals surface area contributed by atoms with Crippen LogP contribution in [0.4, 0.5) is 0 Å². The first-order chi connectivity index (χ1) is 24.5. The van der Waals surface area contributed by atoms with Gasteiger partial charge < -0.3 is 8.83 Å². The third-order valence-electron chi connectivity index (χ3n) is 11.3. The molecule has 1 fully saturated rings. The van der Waals surface area contributed by atoms with Gasteiger partial charge in [0.1, 0.15) is 28.0 Å². The zero-order valence-electron chi connectivity index (χ0n) is 29.1. The highest BCUT2D eigenvalue weighted by Gasteiger charge is 2.44. The molecule has 4 heteroatoms. The Bertz CT molecular complexity index is 2600. The number of allylic oxidation sites excluding steroid dienone is 8. The highest BCUT2D eigenvalue weighted by molar-refractivity contribution is 6.11. The summed E-state index contributed by atoms with van der Waals surface area (Å²) in [5.74, 6) is 0.614. The van der Waals surface area contributed by atoms with Gasteiger partial charge in [-0.1, -0.05) is 104 Å². The molecule has 246 valence electrons. The molecule has 0 N–H and O–H groups in total. The molecule has 0 unspecified atom stereocenters. The number of benzene rings is 4. The Balaban J connectivity index is 1.18. The second-order valence-electron chi connectivity index (χ2n) is 13.9. The number of aromatic nitrogens is 2. The minimum atomic E-state index is 0.189. The standard InChI is InChI=1S/C46H40N2O2/c1-5-32-37(29(4)46(38(32)6-2)24-13-8-14-25-46)26-28(3)31-22-23-33-34-19-15-20-36(43(34)50-40(33)27-31)45-47-41(30-16-9-7-10-17-30)44-42(48-45)35-18-11-12-21-39(35)49-44/h5-7,9-12,15-23,26-27H,8,13-14,24-25H2,1-4H3/b28-26+,32-5-,38-6?. The molecular weight excluding hydrogens is 613 g/mol. The van der Waals surface area contributed by atoms with Gasteiger partial charge in [0.05, 0.1) is 5.56 Å². The Morgan fingerprint density at radius 1 is 0.720 bits per heavy atom. The SMILES string of the molecule is CC=C1/C(=C\C)C(/C=C(\C)c2ccc3c(c2)oc2c(-c4nc(-c5ccccc5)c5oc6ccccc6c5n4)cccc23)=C(C)C12CCCCC2. The molecule has 0 radical (unpaired) electrons. The van der Waals surface area contributed by atoms with Crippen molar-refractivity contribution in [1.29, 1.82) is 0 Å². The number of nitrogens with zero attached hydrogens (tertiary/aromatic N) is 2. The smallest absolute Gasteiger partial charge is 0.180 e. The van der Waals surface area contributed by atoms with Crippen LogP contribution in [-0.4, -0.2) is 9.97 Å². The molecule has 9 rings (SSSR count). The van der Waals surface area contributed by atoms with Crippen LogP contribution in [0.25, 0.3) is 72.2 Å². The molecule has 1 saturated carbocycles. The molecule has 50 heavy (non-hydrogen) atoms. The Morgan fingerprint density at radius 3 is 2.28 bits per heavy atom. The van der Waals surface area contributed by atoms with Gasteiger partial charge in [0.2, 0.25) is 0 Å². The maximum Gasteiger partial charge on any atom is 0.180 e. The largest absolute Gasteiger partial charge is 0.455 e. The number of furan rings is 2. The minimum Gasteiger partial charge on any atom is -0.455 e. The van der Waals surface area contributed by atoms with Gasteiger partial charge >= 0.3 is 0 Å². The fourth-order valence-electron chi connectivity index (χ4n) is 8.82. The van der Waals surface area contributed by atoms with Crippen LogP contribution in [-0.2, 0) is 0 Å². The number of hydrogen-bond acceptors (Lipinski definition) is 4. The summed E-state index contributed by atoms with van der Waals surface area (Å²) in [5, 5.41) is 3.10. The molecule has 0 saturated heterocycles. The fourth-order valence-corrected chi connectivity index (χ4v) is 8.82. The lowest BCUT2D eigenvalue weighted by atomic mass is 9.67. The summed E-state index contributed by atoms with van der Waals surface area (Å²) in [6.45, 7) is 9.01. The lowest BCUT2D eigenvalue weighted by Crippen LogP contribution is -2.25. The zero-order chi connectivity index (χ0) is 34.0. The minimum absolute atomic E-state index is 0.189. The summed E-state index contributed by atoms with van der Waals surface area (Å²) in [7, 11) is 0. The monoisotopic (exact) mass is 652 g/mol. The number of fused-ring (bicyclic) bond motifs is 6. The molecule has 3 heterocycles. The predicted molar refractivity (Wildman–Crippen MR) is 207 cm³/mol. The molecule has 7 aromatic rings. The summed E-state index contributed by atoms with van der Waals surface area (Å²) >= 11 is 0. The highest BCUT2D eigenvalue weighted by Crippen LogP contribution is 2.58. The maximum atomic E-state index is 6.75. The third-order valence-corrected chi connectivity index (χ3v) is 11.3. The quantitative estimate of drug-likeness (QED) is 0.190. The van der Waals surface area contributed by atoms with Gasteiger partial charge in [-0.2, -0.15) is 0 Å². The van der Waals surface area contributed by atoms with E-state index in [0.29, 0.717) is 11.4 Å². The molecule has 0 atom stereocenters. The van der Waals surface area contributed by atoms with E-state index < -0.39 is 0 Å². The second-order valence-corrected chi connectivity index (χ2v) is 13.9. The molecule has 0 amide bonds. The second kappa shape index (κ2) is 11.8. The lowest BCUT2D eigenvalue weighted by molar-refractivity contribution is 0.300. The van der Waals surface area contributed by atoms with Crippen molar-refractivity contribution < 1.29 is 8.83 Å². The number of rotatable bonds is 4. The van der Waals surface area contributed by atoms with Crippen molar-refractivity contribution in [1.82, 2.24) is 9.97 Å². The third kappa shape index (κ3) is 4.58. The van der Waals surface area contributed by atoms with E-state index in [-0.39, 0.29) is 5.41 Å². The summed E-state index contributed by atoms with van der Waals surface area (Å²) in [5.41, 5.74) is 15.0. The van der Waals surface area contributed by atoms with E-state index in [0.717, 1.165) is 60.8 Å². The van der Waals surface area contributed by atoms with E-state index in [4.69, 9.17) is 18.8 Å². The van der Waals surface area contributed by atoms with E-state index in [1.165, 1.54) is 60.0 Å². The van der Waals surface area contributed by atoms with Crippen molar-refractivity contribution in [3.05, 3.63) is 137 Å². The average Bonchev–Trinajstić information content (AvgIpc) is 3.79. The summed E-state index contributed by atoms with van der Waals surface area (Å²) in [6, 6.07) is 31.1. The molecule has 2 aliphatic rings. The van der Waals surface area contributed by atoms with Crippen LogP contribution in [0.3, 0.4) is 0 Å². The normalized spacial score (nSPS) is 18.3. The Morgan fingerprint density at radius 2 is 1.48 bits per heavy atom. The van der Waals surface area contributed by atoms with Crippen LogP contribution in [0.2, 0.25) is 0 Å². The molecular formula is C46H40N2O2. The van der Waals surface area contributed by atoms with Crippen molar-refractivity contribution in [3.63, 3.8) is 0 Å². The first-order valence-electron chi connectivity index (χ1n) is 17.9. The highest BCUT2D eigenvalue weighted by atomic mass is 16.3. The van der Waals surface area contributed by atoms with Crippen LogP contribution in [0.5, 0.6) is 0 Å². The van der Waals surface area contributed by atoms with Crippen molar-refractivity contribution in [2.45, 2.75) is 59.8 Å². The summed E-state index contributed by atoms with van der Waals surface area (Å²) in [6.07, 6.45) is 13.6. The average molecular weight is 653 g/mol. The number of hydrogen-bond donors (Lipinski definition) is 0. The van der Waals surface area contributed by atoms with Crippen LogP contribution in [0.1, 0.15) is 65.4 Å². The van der Waals surface area contributed by atoms with Crippen molar-refractivity contribution in [2.24, 2.45) is 5.41 Å². The van der Waals surface area contributed by atoms with Crippen LogP contribution < -0.4 is 0 Å². The lowest BCUT2D eigenvalue weighted by Gasteiger charge is -2.37. The first kappa shape index (κ1) is 30.6. The maximum absolute atomic E-state index is 6.75. The molecule has 0 bridgehead atoms. The van der Waals surface area contributed by atoms with E-state index in [1.54, 1.807) is 0 Å². The van der Waals surface area contributed by atoms with Crippen molar-refractivity contribution in [2.75, 3.05) is 0 Å². The zero-order valence-corrected chi connectivity index (χ0v) is 29.1. The topological polar surface area (TPSA) is 52.1 Å². The first-order valence-corrected chi connectivity index (χ1v) is 17.9. The van der Waals surface area contributed by atoms with Gasteiger partial charge in [-0.3, -0.25) is 0 Å². The molecule has 2 aliphatic carbocycles. The molecule has 4 aromatic carbocycles. The molecule has 1 spiro atoms. The summed E-state index contributed by atoms with van der Waals surface area (Å²) in [4.78, 5) is 10.3. The van der Waals surface area contributed by atoms with Crippen LogP contribution in [0.15, 0.2) is 140 Å². The van der Waals surface area contributed by atoms with Crippen LogP contribution >= 0.6 is 0 Å². The predicted octanol–water partition coefficient (Wildman–Crippen LogP) is 13.2. The van der Waals surface area contributed by atoms with E-state index >= 15 is 0 Å². The van der Waals surface area contributed by atoms with Crippen molar-refractivity contribution in [3.8, 4) is 22.6 Å². The van der Waals surface area contributed by atoms with Gasteiger partial charge in [-0.05, 0) is 98.7 Å². The van der Waals surface area contributed by atoms with Crippen LogP contribution in [0, 0.1) is 5.41 Å². The van der Waals surface area contributed by atoms with E-state index in [2.05, 4.69) is 101 Å².